The van der Waals surface area contributed by atoms with Gasteiger partial charge in [-0.3, -0.25) is 0 Å². The maximum Gasteiger partial charge on any atom is 0.119 e. The van der Waals surface area contributed by atoms with Gasteiger partial charge in [-0.05, 0) is 55.8 Å². The largest absolute Gasteiger partial charge is 0.494 e. The standard InChI is InChI=1S/C17H21NO/c1-18-11-4-7-16(18)10-12-19-17-9-8-14-5-2-3-6-15(14)13-17/h2-3,5-6,8-9,13,16H,4,7,10-12H2,1H3. The lowest BCUT2D eigenvalue weighted by Crippen LogP contribution is -2.26. The topological polar surface area (TPSA) is 12.5 Å². The van der Waals surface area contributed by atoms with Crippen LogP contribution in [0.3, 0.4) is 0 Å². The van der Waals surface area contributed by atoms with Crippen LogP contribution in [0.15, 0.2) is 42.5 Å². The van der Waals surface area contributed by atoms with E-state index in [-0.39, 0.29) is 0 Å². The molecule has 2 heteroatoms. The second-order valence-corrected chi connectivity index (χ2v) is 5.42. The predicted molar refractivity (Wildman–Crippen MR) is 79.7 cm³/mol. The zero-order chi connectivity index (χ0) is 13.1. The van der Waals surface area contributed by atoms with Crippen LogP contribution in [0, 0.1) is 0 Å². The normalized spacial score (nSPS) is 19.9. The molecule has 0 N–H and O–H groups in total. The molecule has 1 heterocycles. The Labute approximate surface area is 115 Å². The van der Waals surface area contributed by atoms with Crippen molar-refractivity contribution in [2.75, 3.05) is 20.2 Å². The van der Waals surface area contributed by atoms with Crippen molar-refractivity contribution in [3.05, 3.63) is 42.5 Å². The number of fused-ring (bicyclic) bond motifs is 1. The van der Waals surface area contributed by atoms with Gasteiger partial charge in [-0.25, -0.2) is 0 Å². The molecule has 0 bridgehead atoms. The molecule has 19 heavy (non-hydrogen) atoms. The number of nitrogens with zero attached hydrogens (tertiary/aromatic N) is 1. The fourth-order valence-corrected chi connectivity index (χ4v) is 2.91. The highest BCUT2D eigenvalue weighted by Gasteiger charge is 2.20. The third-order valence-corrected chi connectivity index (χ3v) is 4.11. The first kappa shape index (κ1) is 12.5. The molecule has 2 aromatic carbocycles. The van der Waals surface area contributed by atoms with Gasteiger partial charge in [0.1, 0.15) is 5.75 Å². The summed E-state index contributed by atoms with van der Waals surface area (Å²) in [6.07, 6.45) is 3.78. The lowest BCUT2D eigenvalue weighted by Gasteiger charge is -2.19. The molecule has 1 unspecified atom stereocenters. The van der Waals surface area contributed by atoms with E-state index in [1.165, 1.54) is 30.2 Å². The van der Waals surface area contributed by atoms with Crippen molar-refractivity contribution < 1.29 is 4.74 Å². The summed E-state index contributed by atoms with van der Waals surface area (Å²) < 4.78 is 5.90. The smallest absolute Gasteiger partial charge is 0.119 e. The lowest BCUT2D eigenvalue weighted by molar-refractivity contribution is 0.233. The fourth-order valence-electron chi connectivity index (χ4n) is 2.91. The Morgan fingerprint density at radius 3 is 2.79 bits per heavy atom. The van der Waals surface area contributed by atoms with Crippen LogP contribution >= 0.6 is 0 Å². The summed E-state index contributed by atoms with van der Waals surface area (Å²) in [7, 11) is 2.22. The van der Waals surface area contributed by atoms with Crippen molar-refractivity contribution in [2.45, 2.75) is 25.3 Å². The van der Waals surface area contributed by atoms with Crippen LogP contribution in [0.5, 0.6) is 5.75 Å². The molecular formula is C17H21NO. The Balaban J connectivity index is 1.59. The molecule has 0 saturated carbocycles. The molecule has 3 rings (SSSR count). The molecule has 2 nitrogen and oxygen atoms in total. The van der Waals surface area contributed by atoms with Crippen molar-refractivity contribution in [3.63, 3.8) is 0 Å². The molecule has 1 atom stereocenters. The van der Waals surface area contributed by atoms with Crippen LogP contribution in [0.25, 0.3) is 10.8 Å². The SMILES string of the molecule is CN1CCCC1CCOc1ccc2ccccc2c1. The predicted octanol–water partition coefficient (Wildman–Crippen LogP) is 3.70. The number of likely N-dealkylation sites (tertiary alicyclic amines) is 1. The third kappa shape index (κ3) is 2.90. The summed E-state index contributed by atoms with van der Waals surface area (Å²) in [5.41, 5.74) is 0. The Morgan fingerprint density at radius 1 is 1.16 bits per heavy atom. The van der Waals surface area contributed by atoms with Gasteiger partial charge in [-0.15, -0.1) is 0 Å². The average molecular weight is 255 g/mol. The van der Waals surface area contributed by atoms with Gasteiger partial charge in [0, 0.05) is 6.04 Å². The first-order chi connectivity index (χ1) is 9.33. The molecule has 1 aliphatic heterocycles. The van der Waals surface area contributed by atoms with Crippen molar-refractivity contribution in [2.24, 2.45) is 0 Å². The summed E-state index contributed by atoms with van der Waals surface area (Å²) in [6, 6.07) is 15.4. The molecule has 0 aromatic heterocycles. The van der Waals surface area contributed by atoms with E-state index in [1.54, 1.807) is 0 Å². The van der Waals surface area contributed by atoms with Crippen molar-refractivity contribution in [1.82, 2.24) is 4.90 Å². The average Bonchev–Trinajstić information content (AvgIpc) is 2.84. The highest BCUT2D eigenvalue weighted by molar-refractivity contribution is 5.83. The van der Waals surface area contributed by atoms with Gasteiger partial charge in [0.2, 0.25) is 0 Å². The van der Waals surface area contributed by atoms with Gasteiger partial charge < -0.3 is 9.64 Å². The fraction of sp³-hybridized carbons (Fsp3) is 0.412. The van der Waals surface area contributed by atoms with E-state index in [0.717, 1.165) is 18.8 Å². The van der Waals surface area contributed by atoms with Crippen LogP contribution in [0.1, 0.15) is 19.3 Å². The highest BCUT2D eigenvalue weighted by atomic mass is 16.5. The van der Waals surface area contributed by atoms with Gasteiger partial charge in [-0.2, -0.15) is 0 Å². The van der Waals surface area contributed by atoms with E-state index in [9.17, 15) is 0 Å². The lowest BCUT2D eigenvalue weighted by atomic mass is 10.1. The van der Waals surface area contributed by atoms with Crippen LogP contribution in [-0.2, 0) is 0 Å². The second kappa shape index (κ2) is 5.62. The summed E-state index contributed by atoms with van der Waals surface area (Å²) in [4.78, 5) is 2.45. The maximum absolute atomic E-state index is 5.90. The first-order valence-corrected chi connectivity index (χ1v) is 7.15. The number of hydrogen-bond acceptors (Lipinski definition) is 2. The highest BCUT2D eigenvalue weighted by Crippen LogP contribution is 2.22. The van der Waals surface area contributed by atoms with Crippen molar-refractivity contribution in [1.29, 1.82) is 0 Å². The van der Waals surface area contributed by atoms with Crippen molar-refractivity contribution >= 4 is 10.8 Å². The number of ether oxygens (including phenoxy) is 1. The van der Waals surface area contributed by atoms with E-state index in [2.05, 4.69) is 54.4 Å². The summed E-state index contributed by atoms with van der Waals surface area (Å²) in [5.74, 6) is 0.986. The number of hydrogen-bond donors (Lipinski definition) is 0. The van der Waals surface area contributed by atoms with E-state index in [4.69, 9.17) is 4.74 Å². The zero-order valence-electron chi connectivity index (χ0n) is 11.5. The van der Waals surface area contributed by atoms with Crippen LogP contribution < -0.4 is 4.74 Å². The summed E-state index contributed by atoms with van der Waals surface area (Å²) in [6.45, 7) is 2.05. The molecular weight excluding hydrogens is 234 g/mol. The summed E-state index contributed by atoms with van der Waals surface area (Å²) >= 11 is 0. The second-order valence-electron chi connectivity index (χ2n) is 5.42. The van der Waals surface area contributed by atoms with E-state index < -0.39 is 0 Å². The monoisotopic (exact) mass is 255 g/mol. The Kier molecular flexibility index (Phi) is 3.69. The van der Waals surface area contributed by atoms with E-state index in [0.29, 0.717) is 6.04 Å². The number of rotatable bonds is 4. The molecule has 0 aliphatic carbocycles. The Hall–Kier alpha value is -1.54. The third-order valence-electron chi connectivity index (χ3n) is 4.11. The van der Waals surface area contributed by atoms with E-state index in [1.807, 2.05) is 0 Å². The van der Waals surface area contributed by atoms with Crippen LogP contribution in [0.4, 0.5) is 0 Å². The van der Waals surface area contributed by atoms with Crippen LogP contribution in [-0.4, -0.2) is 31.1 Å². The zero-order valence-corrected chi connectivity index (χ0v) is 11.5. The molecule has 0 spiro atoms. The maximum atomic E-state index is 5.90. The minimum absolute atomic E-state index is 0.709. The molecule has 0 amide bonds. The van der Waals surface area contributed by atoms with Crippen LogP contribution in [0.2, 0.25) is 0 Å². The van der Waals surface area contributed by atoms with Crippen molar-refractivity contribution in [3.8, 4) is 5.75 Å². The quantitative estimate of drug-likeness (QED) is 0.826. The molecule has 1 saturated heterocycles. The minimum Gasteiger partial charge on any atom is -0.494 e. The summed E-state index contributed by atoms with van der Waals surface area (Å²) in [5, 5.41) is 2.52. The molecule has 1 aliphatic rings. The Morgan fingerprint density at radius 2 is 2.00 bits per heavy atom. The van der Waals surface area contributed by atoms with E-state index >= 15 is 0 Å². The van der Waals surface area contributed by atoms with Gasteiger partial charge in [0.25, 0.3) is 0 Å². The molecule has 100 valence electrons. The number of benzene rings is 2. The van der Waals surface area contributed by atoms with Gasteiger partial charge in [0.05, 0.1) is 6.61 Å². The Bertz CT molecular complexity index is 552. The van der Waals surface area contributed by atoms with Gasteiger partial charge in [-0.1, -0.05) is 30.3 Å². The molecule has 0 radical (unpaired) electrons. The minimum atomic E-state index is 0.709. The first-order valence-electron chi connectivity index (χ1n) is 7.15. The van der Waals surface area contributed by atoms with Gasteiger partial charge in [0.15, 0.2) is 0 Å². The molecule has 1 fully saturated rings. The molecule has 2 aromatic rings. The van der Waals surface area contributed by atoms with Gasteiger partial charge >= 0.3 is 0 Å².